The minimum atomic E-state index is -0.371. The smallest absolute Gasteiger partial charge is 0.307 e. The standard InChI is InChI=1S/C41H71N3O8.3ClH/c1-5-6-7-8-9-10-23-49-35(45)14-11-27(2)30-12-13-31-39-32(26-34(41(30,31)4)52-38(48)18-22-44)40(3)19-15-29(50-36(46)16-20-42)24-28(40)25-33(39)51-37(47)17-21-43;;;/h27-34,39H,5-26,42-44H2,1-4H3;3*1H/t27-,28+,29-,30-,31+,32+,33-,34+,39+,40+,41-;;;/m1.../s1. The highest BCUT2D eigenvalue weighted by Crippen LogP contribution is 2.69. The van der Waals surface area contributed by atoms with Gasteiger partial charge in [-0.1, -0.05) is 59.8 Å². The van der Waals surface area contributed by atoms with E-state index >= 15 is 0 Å². The van der Waals surface area contributed by atoms with Crippen molar-refractivity contribution in [2.45, 2.75) is 162 Å². The summed E-state index contributed by atoms with van der Waals surface area (Å²) in [6.07, 6.45) is 13.2. The highest BCUT2D eigenvalue weighted by atomic mass is 35.5. The molecule has 0 bridgehead atoms. The van der Waals surface area contributed by atoms with E-state index in [1.165, 1.54) is 25.7 Å². The largest absolute Gasteiger partial charge is 0.466 e. The summed E-state index contributed by atoms with van der Waals surface area (Å²) in [5, 5.41) is 0. The molecule has 0 amide bonds. The zero-order chi connectivity index (χ0) is 37.9. The fourth-order valence-electron chi connectivity index (χ4n) is 11.2. The maximum Gasteiger partial charge on any atom is 0.307 e. The van der Waals surface area contributed by atoms with Gasteiger partial charge in [0.15, 0.2) is 0 Å². The number of hydrogen-bond acceptors (Lipinski definition) is 11. The first-order valence-electron chi connectivity index (χ1n) is 20.8. The molecule has 0 aromatic heterocycles. The zero-order valence-electron chi connectivity index (χ0n) is 34.0. The Morgan fingerprint density at radius 3 is 1.93 bits per heavy atom. The van der Waals surface area contributed by atoms with Crippen LogP contribution in [0.3, 0.4) is 0 Å². The van der Waals surface area contributed by atoms with Crippen molar-refractivity contribution in [2.75, 3.05) is 26.2 Å². The number of carbonyl (C=O) groups excluding carboxylic acids is 4. The number of rotatable bonds is 20. The summed E-state index contributed by atoms with van der Waals surface area (Å²) < 4.78 is 24.3. The minimum Gasteiger partial charge on any atom is -0.466 e. The lowest BCUT2D eigenvalue weighted by Gasteiger charge is -2.64. The van der Waals surface area contributed by atoms with Crippen molar-refractivity contribution in [3.8, 4) is 0 Å². The SMILES string of the molecule is CCCCCCCCOC(=O)CC[C@@H](C)[C@H]1CC[C@H]2[C@@H]3[C@H](OC(=O)CCN)C[C@@H]4C[C@H](OC(=O)CCN)CC[C@]4(C)[C@H]3C[C@H](OC(=O)CCN)[C@]12C.Cl.Cl.Cl. The average molecular weight is 843 g/mol. The van der Waals surface area contributed by atoms with Gasteiger partial charge >= 0.3 is 23.9 Å². The number of unbranched alkanes of at least 4 members (excludes halogenated alkanes) is 5. The molecule has 0 unspecified atom stereocenters. The van der Waals surface area contributed by atoms with Crippen LogP contribution in [0.4, 0.5) is 0 Å². The molecule has 11 nitrogen and oxygen atoms in total. The summed E-state index contributed by atoms with van der Waals surface area (Å²) in [5.74, 6) is -0.00360. The van der Waals surface area contributed by atoms with Gasteiger partial charge in [-0.25, -0.2) is 0 Å². The van der Waals surface area contributed by atoms with Crippen LogP contribution < -0.4 is 17.2 Å². The maximum absolute atomic E-state index is 13.2. The molecule has 0 spiro atoms. The lowest BCUT2D eigenvalue weighted by atomic mass is 9.43. The van der Waals surface area contributed by atoms with Gasteiger partial charge in [0.2, 0.25) is 0 Å². The van der Waals surface area contributed by atoms with Gasteiger partial charge in [0.25, 0.3) is 0 Å². The van der Waals surface area contributed by atoms with Crippen LogP contribution in [0, 0.1) is 46.3 Å². The van der Waals surface area contributed by atoms with Crippen molar-refractivity contribution in [3.05, 3.63) is 0 Å². The molecule has 4 rings (SSSR count). The van der Waals surface area contributed by atoms with Gasteiger partial charge in [-0.2, -0.15) is 0 Å². The molecule has 6 N–H and O–H groups in total. The third kappa shape index (κ3) is 12.8. The predicted molar refractivity (Wildman–Crippen MR) is 221 cm³/mol. The first kappa shape index (κ1) is 51.6. The fourth-order valence-corrected chi connectivity index (χ4v) is 11.2. The predicted octanol–water partition coefficient (Wildman–Crippen LogP) is 7.23. The average Bonchev–Trinajstić information content (AvgIpc) is 3.46. The summed E-state index contributed by atoms with van der Waals surface area (Å²) in [7, 11) is 0. The van der Waals surface area contributed by atoms with Crippen LogP contribution >= 0.6 is 37.2 Å². The molecule has 4 saturated carbocycles. The minimum absolute atomic E-state index is 0. The van der Waals surface area contributed by atoms with Gasteiger partial charge in [0.05, 0.1) is 25.9 Å². The third-order valence-electron chi connectivity index (χ3n) is 13.9. The number of nitrogens with two attached hydrogens (primary N) is 3. The molecule has 4 aliphatic carbocycles. The zero-order valence-corrected chi connectivity index (χ0v) is 36.4. The van der Waals surface area contributed by atoms with Crippen LogP contribution in [0.15, 0.2) is 0 Å². The van der Waals surface area contributed by atoms with Gasteiger partial charge < -0.3 is 36.1 Å². The Morgan fingerprint density at radius 2 is 1.29 bits per heavy atom. The van der Waals surface area contributed by atoms with Crippen molar-refractivity contribution < 1.29 is 38.1 Å². The molecular formula is C41H74Cl3N3O8. The van der Waals surface area contributed by atoms with Crippen molar-refractivity contribution in [1.82, 2.24) is 0 Å². The summed E-state index contributed by atoms with van der Waals surface area (Å²) in [6.45, 7) is 10.3. The Morgan fingerprint density at radius 1 is 0.691 bits per heavy atom. The van der Waals surface area contributed by atoms with E-state index in [0.717, 1.165) is 38.5 Å². The van der Waals surface area contributed by atoms with Crippen molar-refractivity contribution in [2.24, 2.45) is 63.5 Å². The van der Waals surface area contributed by atoms with Crippen LogP contribution in [0.25, 0.3) is 0 Å². The number of halogens is 3. The second-order valence-electron chi connectivity index (χ2n) is 17.0. The second kappa shape index (κ2) is 24.5. The molecule has 0 aromatic carbocycles. The Kier molecular flexibility index (Phi) is 23.0. The summed E-state index contributed by atoms with van der Waals surface area (Å²) in [5.41, 5.74) is 16.7. The molecule has 55 heavy (non-hydrogen) atoms. The van der Waals surface area contributed by atoms with Gasteiger partial charge in [-0.3, -0.25) is 19.2 Å². The van der Waals surface area contributed by atoms with Crippen molar-refractivity contribution in [3.63, 3.8) is 0 Å². The normalized spacial score (nSPS) is 32.4. The van der Waals surface area contributed by atoms with E-state index in [9.17, 15) is 19.2 Å². The lowest BCUT2D eigenvalue weighted by Crippen LogP contribution is -2.63. The Balaban J connectivity index is 0.00000504. The van der Waals surface area contributed by atoms with E-state index in [2.05, 4.69) is 27.7 Å². The number of carbonyl (C=O) groups is 4. The second-order valence-corrected chi connectivity index (χ2v) is 17.0. The van der Waals surface area contributed by atoms with Gasteiger partial charge in [0.1, 0.15) is 18.3 Å². The van der Waals surface area contributed by atoms with E-state index < -0.39 is 0 Å². The molecule has 14 heteroatoms. The molecule has 4 aliphatic rings. The molecular weight excluding hydrogens is 769 g/mol. The van der Waals surface area contributed by atoms with Crippen LogP contribution in [-0.4, -0.2) is 68.4 Å². The molecule has 11 atom stereocenters. The first-order valence-corrected chi connectivity index (χ1v) is 20.8. The summed E-state index contributed by atoms with van der Waals surface area (Å²) in [6, 6.07) is 0. The molecule has 0 aliphatic heterocycles. The van der Waals surface area contributed by atoms with E-state index in [1.54, 1.807) is 0 Å². The van der Waals surface area contributed by atoms with E-state index in [-0.39, 0.29) is 165 Å². The Bertz CT molecular complexity index is 1200. The molecule has 0 heterocycles. The summed E-state index contributed by atoms with van der Waals surface area (Å²) >= 11 is 0. The van der Waals surface area contributed by atoms with Crippen molar-refractivity contribution >= 4 is 61.1 Å². The fraction of sp³-hybridized carbons (Fsp3) is 0.902. The molecule has 4 fully saturated rings. The summed E-state index contributed by atoms with van der Waals surface area (Å²) in [4.78, 5) is 51.6. The topological polar surface area (TPSA) is 183 Å². The highest BCUT2D eigenvalue weighted by molar-refractivity contribution is 5.86. The van der Waals surface area contributed by atoms with Crippen LogP contribution in [-0.2, 0) is 38.1 Å². The van der Waals surface area contributed by atoms with Gasteiger partial charge in [-0.15, -0.1) is 37.2 Å². The maximum atomic E-state index is 13.2. The number of ether oxygens (including phenoxy) is 4. The van der Waals surface area contributed by atoms with Crippen LogP contribution in [0.2, 0.25) is 0 Å². The quantitative estimate of drug-likeness (QED) is 0.0639. The lowest BCUT2D eigenvalue weighted by molar-refractivity contribution is -0.225. The third-order valence-corrected chi connectivity index (χ3v) is 13.9. The molecule has 0 saturated heterocycles. The highest BCUT2D eigenvalue weighted by Gasteiger charge is 2.67. The van der Waals surface area contributed by atoms with E-state index in [1.807, 2.05) is 0 Å². The number of esters is 4. The van der Waals surface area contributed by atoms with Crippen molar-refractivity contribution in [1.29, 1.82) is 0 Å². The van der Waals surface area contributed by atoms with Gasteiger partial charge in [-0.05, 0) is 92.8 Å². The number of fused-ring (bicyclic) bond motifs is 5. The molecule has 0 aromatic rings. The Labute approximate surface area is 349 Å². The Hall–Kier alpha value is -1.37. The van der Waals surface area contributed by atoms with E-state index in [0.29, 0.717) is 38.7 Å². The molecule has 322 valence electrons. The monoisotopic (exact) mass is 841 g/mol. The van der Waals surface area contributed by atoms with Crippen LogP contribution in [0.5, 0.6) is 0 Å². The number of hydrogen-bond donors (Lipinski definition) is 3. The molecule has 0 radical (unpaired) electrons. The van der Waals surface area contributed by atoms with Gasteiger partial charge in [0, 0.05) is 37.4 Å². The first-order chi connectivity index (χ1) is 24.9. The van der Waals surface area contributed by atoms with E-state index in [4.69, 9.17) is 36.1 Å². The van der Waals surface area contributed by atoms with Crippen LogP contribution in [0.1, 0.15) is 143 Å².